The minimum Gasteiger partial charge on any atom is -0.325 e. The smallest absolute Gasteiger partial charge is 0.234 e. The minimum atomic E-state index is -0.246. The number of anilines is 2. The van der Waals surface area contributed by atoms with Crippen LogP contribution >= 0.6 is 23.4 Å². The van der Waals surface area contributed by atoms with Crippen molar-refractivity contribution in [2.24, 2.45) is 7.05 Å². The molecule has 2 aromatic carbocycles. The molecule has 3 aromatic rings. The second-order valence-electron chi connectivity index (χ2n) is 6.51. The molecule has 9 heteroatoms. The highest BCUT2D eigenvalue weighted by molar-refractivity contribution is 7.99. The summed E-state index contributed by atoms with van der Waals surface area (Å²) in [4.78, 5) is 24.6. The highest BCUT2D eigenvalue weighted by Crippen LogP contribution is 2.21. The number of nitrogens with zero attached hydrogens (tertiary/aromatic N) is 3. The number of hydrogen-bond donors (Lipinski definition) is 2. The molecule has 0 saturated carbocycles. The van der Waals surface area contributed by atoms with Gasteiger partial charge in [0.1, 0.15) is 5.82 Å². The minimum absolute atomic E-state index is 0.0470. The largest absolute Gasteiger partial charge is 0.325 e. The molecule has 3 rings (SSSR count). The molecule has 0 unspecified atom stereocenters. The van der Waals surface area contributed by atoms with E-state index >= 15 is 0 Å². The van der Waals surface area contributed by atoms with Crippen LogP contribution in [0.25, 0.3) is 0 Å². The second kappa shape index (κ2) is 10.3. The Balaban J connectivity index is 1.55. The normalized spacial score (nSPS) is 10.6. The van der Waals surface area contributed by atoms with Gasteiger partial charge in [-0.3, -0.25) is 9.59 Å². The van der Waals surface area contributed by atoms with Crippen molar-refractivity contribution in [3.05, 3.63) is 64.9 Å². The molecule has 0 aliphatic heterocycles. The summed E-state index contributed by atoms with van der Waals surface area (Å²) in [5.74, 6) is 0.320. The average molecular weight is 444 g/mol. The van der Waals surface area contributed by atoms with Gasteiger partial charge in [-0.05, 0) is 30.2 Å². The van der Waals surface area contributed by atoms with Crippen LogP contribution in [0.3, 0.4) is 0 Å². The highest BCUT2D eigenvalue weighted by Gasteiger charge is 2.15. The SMILES string of the molecule is CCc1ccccc1NC(=O)CSc1nnc(CC(=O)Nc2ccccc2Cl)n1C. The summed E-state index contributed by atoms with van der Waals surface area (Å²) in [6.07, 6.45) is 0.887. The van der Waals surface area contributed by atoms with E-state index in [1.54, 1.807) is 35.9 Å². The van der Waals surface area contributed by atoms with Crippen molar-refractivity contribution in [3.8, 4) is 0 Å². The van der Waals surface area contributed by atoms with Gasteiger partial charge in [0.15, 0.2) is 5.16 Å². The lowest BCUT2D eigenvalue weighted by atomic mass is 10.1. The number of carbonyl (C=O) groups excluding carboxylic acids is 2. The number of rotatable bonds is 8. The zero-order valence-corrected chi connectivity index (χ0v) is 18.3. The predicted octanol–water partition coefficient (Wildman–Crippen LogP) is 3.94. The van der Waals surface area contributed by atoms with Crippen LogP contribution in [0.1, 0.15) is 18.3 Å². The fourth-order valence-corrected chi connectivity index (χ4v) is 3.71. The van der Waals surface area contributed by atoms with E-state index in [0.29, 0.717) is 21.7 Å². The molecule has 0 atom stereocenters. The van der Waals surface area contributed by atoms with Crippen LogP contribution in [0, 0.1) is 0 Å². The molecule has 1 heterocycles. The zero-order chi connectivity index (χ0) is 21.5. The molecular formula is C21H22ClN5O2S. The lowest BCUT2D eigenvalue weighted by molar-refractivity contribution is -0.116. The molecule has 0 radical (unpaired) electrons. The fraction of sp³-hybridized carbons (Fsp3) is 0.238. The van der Waals surface area contributed by atoms with Crippen LogP contribution in [0.15, 0.2) is 53.7 Å². The van der Waals surface area contributed by atoms with Crippen molar-refractivity contribution in [3.63, 3.8) is 0 Å². The number of amides is 2. The maximum Gasteiger partial charge on any atom is 0.234 e. The molecule has 0 bridgehead atoms. The van der Waals surface area contributed by atoms with Gasteiger partial charge in [0.05, 0.1) is 22.9 Å². The van der Waals surface area contributed by atoms with E-state index in [2.05, 4.69) is 20.8 Å². The monoisotopic (exact) mass is 443 g/mol. The van der Waals surface area contributed by atoms with Crippen molar-refractivity contribution in [1.29, 1.82) is 0 Å². The van der Waals surface area contributed by atoms with Gasteiger partial charge in [0.2, 0.25) is 11.8 Å². The van der Waals surface area contributed by atoms with Gasteiger partial charge >= 0.3 is 0 Å². The first-order valence-corrected chi connectivity index (χ1v) is 10.8. The van der Waals surface area contributed by atoms with E-state index in [1.807, 2.05) is 31.2 Å². The van der Waals surface area contributed by atoms with Gasteiger partial charge in [0.25, 0.3) is 0 Å². The third-order valence-electron chi connectivity index (χ3n) is 4.40. The quantitative estimate of drug-likeness (QED) is 0.515. The molecule has 30 heavy (non-hydrogen) atoms. The van der Waals surface area contributed by atoms with E-state index in [4.69, 9.17) is 11.6 Å². The average Bonchev–Trinajstić information content (AvgIpc) is 3.08. The zero-order valence-electron chi connectivity index (χ0n) is 16.7. The van der Waals surface area contributed by atoms with Gasteiger partial charge in [0, 0.05) is 12.7 Å². The lowest BCUT2D eigenvalue weighted by Crippen LogP contribution is -2.17. The number of thioether (sulfide) groups is 1. The second-order valence-corrected chi connectivity index (χ2v) is 7.86. The topological polar surface area (TPSA) is 88.9 Å². The summed E-state index contributed by atoms with van der Waals surface area (Å²) in [6.45, 7) is 2.04. The Labute approximate surface area is 184 Å². The molecule has 7 nitrogen and oxygen atoms in total. The number of benzene rings is 2. The predicted molar refractivity (Wildman–Crippen MR) is 120 cm³/mol. The molecule has 0 saturated heterocycles. The van der Waals surface area contributed by atoms with Crippen LogP contribution in [0.2, 0.25) is 5.02 Å². The summed E-state index contributed by atoms with van der Waals surface area (Å²) in [5, 5.41) is 14.9. The standard InChI is InChI=1S/C21H22ClN5O2S/c1-3-14-8-4-6-10-16(14)23-20(29)13-30-21-26-25-18(27(21)2)12-19(28)24-17-11-7-5-9-15(17)22/h4-11H,3,12-13H2,1-2H3,(H,23,29)(H,24,28). The van der Waals surface area contributed by atoms with Gasteiger partial charge in [-0.15, -0.1) is 10.2 Å². The van der Waals surface area contributed by atoms with Crippen molar-refractivity contribution in [2.75, 3.05) is 16.4 Å². The van der Waals surface area contributed by atoms with E-state index < -0.39 is 0 Å². The van der Waals surface area contributed by atoms with Gasteiger partial charge in [-0.25, -0.2) is 0 Å². The number of aromatic nitrogens is 3. The number of nitrogens with one attached hydrogen (secondary N) is 2. The summed E-state index contributed by atoms with van der Waals surface area (Å²) >= 11 is 7.33. The number of hydrogen-bond acceptors (Lipinski definition) is 5. The maximum atomic E-state index is 12.3. The first-order chi connectivity index (χ1) is 14.5. The Morgan fingerprint density at radius 1 is 1.00 bits per heavy atom. The highest BCUT2D eigenvalue weighted by atomic mass is 35.5. The molecule has 0 spiro atoms. The van der Waals surface area contributed by atoms with Gasteiger partial charge < -0.3 is 15.2 Å². The third-order valence-corrected chi connectivity index (χ3v) is 5.75. The van der Waals surface area contributed by atoms with Crippen LogP contribution in [-0.4, -0.2) is 32.3 Å². The molecule has 0 aliphatic carbocycles. The van der Waals surface area contributed by atoms with Crippen molar-refractivity contribution in [2.45, 2.75) is 24.9 Å². The number of para-hydroxylation sites is 2. The van der Waals surface area contributed by atoms with E-state index in [-0.39, 0.29) is 24.0 Å². The third kappa shape index (κ3) is 5.61. The van der Waals surface area contributed by atoms with E-state index in [1.165, 1.54) is 11.8 Å². The van der Waals surface area contributed by atoms with Crippen LogP contribution < -0.4 is 10.6 Å². The Morgan fingerprint density at radius 2 is 1.67 bits per heavy atom. The van der Waals surface area contributed by atoms with Crippen molar-refractivity contribution < 1.29 is 9.59 Å². The van der Waals surface area contributed by atoms with Crippen LogP contribution in [0.4, 0.5) is 11.4 Å². The molecule has 0 fully saturated rings. The summed E-state index contributed by atoms with van der Waals surface area (Å²) in [5.41, 5.74) is 2.45. The molecule has 1 aromatic heterocycles. The fourth-order valence-electron chi connectivity index (χ4n) is 2.79. The molecule has 2 amide bonds. The Kier molecular flexibility index (Phi) is 7.48. The Morgan fingerprint density at radius 3 is 2.40 bits per heavy atom. The lowest BCUT2D eigenvalue weighted by Gasteiger charge is -2.09. The number of carbonyl (C=O) groups is 2. The van der Waals surface area contributed by atoms with Crippen LogP contribution in [0.5, 0.6) is 0 Å². The van der Waals surface area contributed by atoms with Crippen LogP contribution in [-0.2, 0) is 29.5 Å². The molecule has 0 aliphatic rings. The van der Waals surface area contributed by atoms with Gasteiger partial charge in [-0.2, -0.15) is 0 Å². The summed E-state index contributed by atoms with van der Waals surface area (Å²) < 4.78 is 1.71. The summed E-state index contributed by atoms with van der Waals surface area (Å²) in [6, 6.07) is 14.7. The molecular weight excluding hydrogens is 422 g/mol. The molecule has 156 valence electrons. The van der Waals surface area contributed by atoms with E-state index in [9.17, 15) is 9.59 Å². The number of halogens is 1. The van der Waals surface area contributed by atoms with Gasteiger partial charge in [-0.1, -0.05) is 60.6 Å². The van der Waals surface area contributed by atoms with Crippen molar-refractivity contribution in [1.82, 2.24) is 14.8 Å². The summed E-state index contributed by atoms with van der Waals surface area (Å²) in [7, 11) is 1.77. The Bertz CT molecular complexity index is 1050. The number of aryl methyl sites for hydroxylation is 1. The molecule has 2 N–H and O–H groups in total. The van der Waals surface area contributed by atoms with E-state index in [0.717, 1.165) is 17.7 Å². The Hall–Kier alpha value is -2.84. The first-order valence-electron chi connectivity index (χ1n) is 9.41. The first kappa shape index (κ1) is 21.9. The maximum absolute atomic E-state index is 12.3. The van der Waals surface area contributed by atoms with Crippen molar-refractivity contribution >= 4 is 46.6 Å².